The summed E-state index contributed by atoms with van der Waals surface area (Å²) in [5, 5.41) is 0. The van der Waals surface area contributed by atoms with E-state index in [1.54, 1.807) is 5.57 Å². The van der Waals surface area contributed by atoms with E-state index in [0.717, 1.165) is 24.7 Å². The van der Waals surface area contributed by atoms with Crippen LogP contribution >= 0.6 is 0 Å². The van der Waals surface area contributed by atoms with E-state index in [9.17, 15) is 0 Å². The molecule has 0 aliphatic carbocycles. The van der Waals surface area contributed by atoms with Gasteiger partial charge in [-0.3, -0.25) is 0 Å². The van der Waals surface area contributed by atoms with Crippen LogP contribution < -0.4 is 0 Å². The second kappa shape index (κ2) is 21.5. The van der Waals surface area contributed by atoms with Crippen LogP contribution in [0.1, 0.15) is 133 Å². The van der Waals surface area contributed by atoms with Crippen molar-refractivity contribution in [3.8, 4) is 0 Å². The Hall–Kier alpha value is -1.30. The van der Waals surface area contributed by atoms with E-state index in [0.29, 0.717) is 0 Å². The zero-order chi connectivity index (χ0) is 24.9. The van der Waals surface area contributed by atoms with Gasteiger partial charge in [-0.15, -0.1) is 0 Å². The Kier molecular flexibility index (Phi) is 22.1. The average Bonchev–Trinajstić information content (AvgIpc) is 2.66. The molecule has 0 aliphatic heterocycles. The van der Waals surface area contributed by atoms with Gasteiger partial charge in [-0.1, -0.05) is 86.4 Å². The number of hydrogen-bond donors (Lipinski definition) is 0. The molecule has 0 N–H and O–H groups in total. The van der Waals surface area contributed by atoms with Gasteiger partial charge in [0.25, 0.3) is 0 Å². The van der Waals surface area contributed by atoms with Crippen molar-refractivity contribution in [1.82, 2.24) is 0 Å². The summed E-state index contributed by atoms with van der Waals surface area (Å²) >= 11 is 0. The van der Waals surface area contributed by atoms with Crippen LogP contribution in [0, 0.1) is 11.8 Å². The van der Waals surface area contributed by atoms with E-state index in [1.165, 1.54) is 73.7 Å². The summed E-state index contributed by atoms with van der Waals surface area (Å²) in [5.74, 6) is 1.62. The lowest BCUT2D eigenvalue weighted by atomic mass is 10.00. The van der Waals surface area contributed by atoms with Gasteiger partial charge >= 0.3 is 0 Å². The molecule has 32 heavy (non-hydrogen) atoms. The monoisotopic (exact) mass is 442 g/mol. The molecule has 0 aromatic rings. The van der Waals surface area contributed by atoms with E-state index in [-0.39, 0.29) is 0 Å². The number of rotatable bonds is 15. The smallest absolute Gasteiger partial charge is 0.0288 e. The molecular formula is C32H58. The van der Waals surface area contributed by atoms with Crippen LogP contribution in [0.4, 0.5) is 0 Å². The summed E-state index contributed by atoms with van der Waals surface area (Å²) in [6, 6.07) is 0. The fourth-order valence-corrected chi connectivity index (χ4v) is 3.18. The van der Waals surface area contributed by atoms with Crippen molar-refractivity contribution in [1.29, 1.82) is 0 Å². The minimum absolute atomic E-state index is 0.795. The van der Waals surface area contributed by atoms with Crippen LogP contribution in [-0.4, -0.2) is 0 Å². The molecule has 0 saturated carbocycles. The van der Waals surface area contributed by atoms with Crippen molar-refractivity contribution in [2.45, 2.75) is 133 Å². The van der Waals surface area contributed by atoms with Gasteiger partial charge in [-0.05, 0) is 118 Å². The summed E-state index contributed by atoms with van der Waals surface area (Å²) in [6.45, 7) is 26.4. The van der Waals surface area contributed by atoms with Crippen LogP contribution in [0.15, 0.2) is 58.7 Å². The van der Waals surface area contributed by atoms with Crippen molar-refractivity contribution < 1.29 is 0 Å². The van der Waals surface area contributed by atoms with Crippen LogP contribution in [0.3, 0.4) is 0 Å². The molecule has 0 fully saturated rings. The Morgan fingerprint density at radius 1 is 0.531 bits per heavy atom. The Bertz CT molecular complexity index is 582. The standard InChI is InChI=1S/C18H32.C14H26/c1-15(2)9-7-10-17(5)11-8-12-18(6)14-13-16(3)4;1-12(2)8-6-10-14(5)11-7-9-13(3)4/h9,11,16H,6-8,10,12-14H2,1-5H3;8,11,13H,6-7,9-10H2,1-5H3/b17-11+;14-11+. The molecule has 0 saturated heterocycles. The van der Waals surface area contributed by atoms with Gasteiger partial charge in [0.05, 0.1) is 0 Å². The fraction of sp³-hybridized carbons (Fsp3) is 0.688. The third-order valence-corrected chi connectivity index (χ3v) is 5.49. The predicted octanol–water partition coefficient (Wildman–Crippen LogP) is 11.6. The molecule has 0 heterocycles. The van der Waals surface area contributed by atoms with Crippen molar-refractivity contribution in [2.75, 3.05) is 0 Å². The van der Waals surface area contributed by atoms with E-state index >= 15 is 0 Å². The molecule has 0 bridgehead atoms. The molecule has 0 aliphatic rings. The van der Waals surface area contributed by atoms with E-state index < -0.39 is 0 Å². The van der Waals surface area contributed by atoms with Gasteiger partial charge in [-0.2, -0.15) is 0 Å². The lowest BCUT2D eigenvalue weighted by Gasteiger charge is -2.07. The largest absolute Gasteiger partial charge is 0.0999 e. The maximum absolute atomic E-state index is 4.17. The highest BCUT2D eigenvalue weighted by Crippen LogP contribution is 2.16. The Morgan fingerprint density at radius 3 is 1.34 bits per heavy atom. The third kappa shape index (κ3) is 28.7. The van der Waals surface area contributed by atoms with Gasteiger partial charge < -0.3 is 0 Å². The van der Waals surface area contributed by atoms with Crippen LogP contribution in [0.2, 0.25) is 0 Å². The predicted molar refractivity (Wildman–Crippen MR) is 151 cm³/mol. The summed E-state index contributed by atoms with van der Waals surface area (Å²) in [6.07, 6.45) is 21.6. The first-order valence-electron chi connectivity index (χ1n) is 13.2. The van der Waals surface area contributed by atoms with Crippen LogP contribution in [0.5, 0.6) is 0 Å². The molecule has 0 aromatic heterocycles. The molecule has 0 atom stereocenters. The second-order valence-electron chi connectivity index (χ2n) is 10.9. The van der Waals surface area contributed by atoms with Gasteiger partial charge in [0.15, 0.2) is 0 Å². The summed E-state index contributed by atoms with van der Waals surface area (Å²) in [4.78, 5) is 0. The van der Waals surface area contributed by atoms with E-state index in [4.69, 9.17) is 0 Å². The summed E-state index contributed by atoms with van der Waals surface area (Å²) in [5.41, 5.74) is 7.33. The van der Waals surface area contributed by atoms with E-state index in [2.05, 4.69) is 100 Å². The van der Waals surface area contributed by atoms with Crippen molar-refractivity contribution in [3.05, 3.63) is 58.7 Å². The van der Waals surface area contributed by atoms with Crippen LogP contribution in [0.25, 0.3) is 0 Å². The van der Waals surface area contributed by atoms with Gasteiger partial charge in [-0.25, -0.2) is 0 Å². The highest BCUT2D eigenvalue weighted by Gasteiger charge is 1.98. The Labute approximate surface area is 204 Å². The summed E-state index contributed by atoms with van der Waals surface area (Å²) in [7, 11) is 0. The lowest BCUT2D eigenvalue weighted by Crippen LogP contribution is -1.89. The molecule has 0 aromatic carbocycles. The first-order chi connectivity index (χ1) is 14.9. The quantitative estimate of drug-likeness (QED) is 0.221. The molecule has 0 radical (unpaired) electrons. The molecule has 0 heteroatoms. The molecular weight excluding hydrogens is 384 g/mol. The zero-order valence-corrected chi connectivity index (χ0v) is 23.7. The third-order valence-electron chi connectivity index (χ3n) is 5.49. The first kappa shape index (κ1) is 32.9. The van der Waals surface area contributed by atoms with E-state index in [1.807, 2.05) is 0 Å². The van der Waals surface area contributed by atoms with Crippen molar-refractivity contribution >= 4 is 0 Å². The summed E-state index contributed by atoms with van der Waals surface area (Å²) < 4.78 is 0. The minimum Gasteiger partial charge on any atom is -0.0999 e. The Morgan fingerprint density at radius 2 is 0.938 bits per heavy atom. The highest BCUT2D eigenvalue weighted by atomic mass is 14.0. The molecule has 0 nitrogen and oxygen atoms in total. The number of allylic oxidation sites excluding steroid dienone is 9. The Balaban J connectivity index is 0. The van der Waals surface area contributed by atoms with Gasteiger partial charge in [0, 0.05) is 0 Å². The minimum atomic E-state index is 0.795. The topological polar surface area (TPSA) is 0 Å². The van der Waals surface area contributed by atoms with Gasteiger partial charge in [0.2, 0.25) is 0 Å². The van der Waals surface area contributed by atoms with Crippen molar-refractivity contribution in [2.24, 2.45) is 11.8 Å². The molecule has 186 valence electrons. The lowest BCUT2D eigenvalue weighted by molar-refractivity contribution is 0.578. The van der Waals surface area contributed by atoms with Gasteiger partial charge in [0.1, 0.15) is 0 Å². The maximum Gasteiger partial charge on any atom is -0.0288 e. The molecule has 0 unspecified atom stereocenters. The molecule has 0 rings (SSSR count). The maximum atomic E-state index is 4.17. The zero-order valence-electron chi connectivity index (χ0n) is 23.7. The van der Waals surface area contributed by atoms with Crippen LogP contribution in [-0.2, 0) is 0 Å². The normalized spacial score (nSPS) is 11.9. The van der Waals surface area contributed by atoms with Crippen molar-refractivity contribution in [3.63, 3.8) is 0 Å². The highest BCUT2D eigenvalue weighted by molar-refractivity contribution is 5.05. The molecule has 0 amide bonds. The second-order valence-corrected chi connectivity index (χ2v) is 10.9. The first-order valence-corrected chi connectivity index (χ1v) is 13.2. The number of hydrogen-bond acceptors (Lipinski definition) is 0. The molecule has 0 spiro atoms. The SMILES string of the molecule is C=C(CC/C=C(\C)CCC=C(C)C)CCC(C)C.CC(C)=CCC/C(C)=C/CCC(C)C. The fourth-order valence-electron chi connectivity index (χ4n) is 3.18. The average molecular weight is 443 g/mol.